The Morgan fingerprint density at radius 3 is 2.19 bits per heavy atom. The van der Waals surface area contributed by atoms with E-state index < -0.39 is 17.9 Å². The molecule has 0 saturated heterocycles. The molecule has 21 heavy (non-hydrogen) atoms. The second-order valence-corrected chi connectivity index (χ2v) is 4.24. The molecule has 0 rings (SSSR count). The number of ketones is 1. The molecule has 0 unspecified atom stereocenters. The van der Waals surface area contributed by atoms with E-state index in [0.717, 1.165) is 0 Å². The summed E-state index contributed by atoms with van der Waals surface area (Å²) in [5.41, 5.74) is 0.188. The van der Waals surface area contributed by atoms with E-state index in [2.05, 4.69) is 11.3 Å². The fourth-order valence-electron chi connectivity index (χ4n) is 1.09. The summed E-state index contributed by atoms with van der Waals surface area (Å²) in [6.07, 6.45) is 1.08. The summed E-state index contributed by atoms with van der Waals surface area (Å²) >= 11 is 0. The number of allylic oxidation sites excluding steroid dienone is 1. The van der Waals surface area contributed by atoms with Gasteiger partial charge < -0.3 is 14.6 Å². The van der Waals surface area contributed by atoms with Gasteiger partial charge in [-0.3, -0.25) is 9.59 Å². The number of hydrogen-bond donors (Lipinski definition) is 1. The summed E-state index contributed by atoms with van der Waals surface area (Å²) in [6.45, 7) is 5.81. The molecule has 0 fully saturated rings. The molecule has 0 saturated carbocycles. The van der Waals surface area contributed by atoms with Gasteiger partial charge in [-0.25, -0.2) is 9.59 Å². The number of carbonyl (C=O) groups is 4. The van der Waals surface area contributed by atoms with E-state index in [9.17, 15) is 19.2 Å². The van der Waals surface area contributed by atoms with Gasteiger partial charge >= 0.3 is 17.9 Å². The molecule has 0 aromatic rings. The highest BCUT2D eigenvalue weighted by atomic mass is 16.6. The van der Waals surface area contributed by atoms with Crippen LogP contribution in [0.3, 0.4) is 0 Å². The van der Waals surface area contributed by atoms with E-state index in [-0.39, 0.29) is 43.0 Å². The van der Waals surface area contributed by atoms with Crippen LogP contribution in [0.15, 0.2) is 23.8 Å². The maximum atomic E-state index is 11.5. The molecular formula is C14H18O7. The van der Waals surface area contributed by atoms with E-state index in [4.69, 9.17) is 9.84 Å². The number of ether oxygens (including phenoxy) is 2. The highest BCUT2D eigenvalue weighted by Crippen LogP contribution is 2.05. The van der Waals surface area contributed by atoms with Gasteiger partial charge in [-0.05, 0) is 20.3 Å². The second-order valence-electron chi connectivity index (χ2n) is 4.24. The molecule has 1 N–H and O–H groups in total. The number of hydrogen-bond acceptors (Lipinski definition) is 6. The van der Waals surface area contributed by atoms with Crippen LogP contribution in [0.1, 0.15) is 26.7 Å². The van der Waals surface area contributed by atoms with E-state index in [1.54, 1.807) is 0 Å². The predicted octanol–water partition coefficient (Wildman–Crippen LogP) is 1.03. The van der Waals surface area contributed by atoms with Crippen LogP contribution in [-0.2, 0) is 28.7 Å². The molecule has 0 bridgehead atoms. The molecule has 0 heterocycles. The Kier molecular flexibility index (Phi) is 8.36. The topological polar surface area (TPSA) is 107 Å². The zero-order valence-electron chi connectivity index (χ0n) is 12.0. The van der Waals surface area contributed by atoms with Crippen molar-refractivity contribution < 1.29 is 33.8 Å². The minimum absolute atomic E-state index is 0.0566. The van der Waals surface area contributed by atoms with Crippen molar-refractivity contribution >= 4 is 23.7 Å². The van der Waals surface area contributed by atoms with Crippen LogP contribution in [0.4, 0.5) is 0 Å². The largest absolute Gasteiger partial charge is 0.478 e. The molecule has 0 radical (unpaired) electrons. The fourth-order valence-corrected chi connectivity index (χ4v) is 1.09. The minimum atomic E-state index is -1.08. The molecule has 0 aliphatic carbocycles. The number of carboxylic acid groups (broad SMARTS) is 1. The Morgan fingerprint density at radius 2 is 1.67 bits per heavy atom. The number of aliphatic carboxylic acids is 1. The van der Waals surface area contributed by atoms with Crippen molar-refractivity contribution in [1.82, 2.24) is 0 Å². The minimum Gasteiger partial charge on any atom is -0.478 e. The lowest BCUT2D eigenvalue weighted by Gasteiger charge is -2.06. The lowest BCUT2D eigenvalue weighted by atomic mass is 10.1. The van der Waals surface area contributed by atoms with Crippen molar-refractivity contribution in [2.45, 2.75) is 26.7 Å². The summed E-state index contributed by atoms with van der Waals surface area (Å²) in [7, 11) is 0. The second kappa shape index (κ2) is 9.46. The van der Waals surface area contributed by atoms with E-state index in [0.29, 0.717) is 0 Å². The normalized spacial score (nSPS) is 10.7. The van der Waals surface area contributed by atoms with Gasteiger partial charge in [0.1, 0.15) is 25.4 Å². The van der Waals surface area contributed by atoms with E-state index in [1.165, 1.54) is 19.9 Å². The summed E-state index contributed by atoms with van der Waals surface area (Å²) in [5.74, 6) is -2.77. The van der Waals surface area contributed by atoms with Crippen molar-refractivity contribution in [3.63, 3.8) is 0 Å². The van der Waals surface area contributed by atoms with Crippen LogP contribution in [-0.4, -0.2) is 42.0 Å². The van der Waals surface area contributed by atoms with Crippen LogP contribution in [0.25, 0.3) is 0 Å². The van der Waals surface area contributed by atoms with Crippen LogP contribution >= 0.6 is 0 Å². The molecule has 0 aliphatic heterocycles. The average molecular weight is 298 g/mol. The van der Waals surface area contributed by atoms with Crippen LogP contribution in [0, 0.1) is 0 Å². The maximum Gasteiger partial charge on any atom is 0.333 e. The summed E-state index contributed by atoms with van der Waals surface area (Å²) < 4.78 is 9.43. The highest BCUT2D eigenvalue weighted by Gasteiger charge is 2.10. The van der Waals surface area contributed by atoms with E-state index >= 15 is 0 Å². The average Bonchev–Trinajstić information content (AvgIpc) is 2.39. The van der Waals surface area contributed by atoms with Crippen LogP contribution in [0.5, 0.6) is 0 Å². The molecule has 0 aliphatic rings. The predicted molar refractivity (Wildman–Crippen MR) is 72.4 cm³/mol. The lowest BCUT2D eigenvalue weighted by Crippen LogP contribution is -2.16. The third-order valence-electron chi connectivity index (χ3n) is 2.25. The summed E-state index contributed by atoms with van der Waals surface area (Å²) in [4.78, 5) is 43.6. The Balaban J connectivity index is 3.97. The Labute approximate surface area is 122 Å². The Hall–Kier alpha value is -2.44. The SMILES string of the molecule is C=C(CC=C(C)C(=O)O)C(=O)OCCOC(=O)CC(C)=O. The van der Waals surface area contributed by atoms with Gasteiger partial charge in [0.05, 0.1) is 0 Å². The molecule has 0 aromatic heterocycles. The van der Waals surface area contributed by atoms with Gasteiger partial charge in [0, 0.05) is 11.1 Å². The number of carboxylic acids is 1. The van der Waals surface area contributed by atoms with Gasteiger partial charge in [-0.2, -0.15) is 0 Å². The first-order valence-electron chi connectivity index (χ1n) is 6.14. The van der Waals surface area contributed by atoms with Crippen molar-refractivity contribution in [1.29, 1.82) is 0 Å². The number of Topliss-reactive ketones (excluding diaryl/α,β-unsaturated/α-hetero) is 1. The molecule has 116 valence electrons. The van der Waals surface area contributed by atoms with Crippen molar-refractivity contribution in [3.8, 4) is 0 Å². The van der Waals surface area contributed by atoms with Gasteiger partial charge in [0.15, 0.2) is 0 Å². The smallest absolute Gasteiger partial charge is 0.333 e. The molecule has 0 amide bonds. The zero-order chi connectivity index (χ0) is 16.4. The van der Waals surface area contributed by atoms with Gasteiger partial charge in [0.25, 0.3) is 0 Å². The molecule has 0 aromatic carbocycles. The lowest BCUT2D eigenvalue weighted by molar-refractivity contribution is -0.151. The molecule has 7 heteroatoms. The van der Waals surface area contributed by atoms with Crippen molar-refractivity contribution in [2.24, 2.45) is 0 Å². The molecule has 0 spiro atoms. The van der Waals surface area contributed by atoms with E-state index in [1.807, 2.05) is 0 Å². The van der Waals surface area contributed by atoms with Crippen molar-refractivity contribution in [3.05, 3.63) is 23.8 Å². The first kappa shape index (κ1) is 18.6. The van der Waals surface area contributed by atoms with Gasteiger partial charge in [0.2, 0.25) is 0 Å². The quantitative estimate of drug-likeness (QED) is 0.293. The third-order valence-corrected chi connectivity index (χ3v) is 2.25. The molecule has 7 nitrogen and oxygen atoms in total. The van der Waals surface area contributed by atoms with Crippen LogP contribution < -0.4 is 0 Å². The summed E-state index contributed by atoms with van der Waals surface area (Å²) in [6, 6.07) is 0. The maximum absolute atomic E-state index is 11.5. The highest BCUT2D eigenvalue weighted by molar-refractivity contribution is 5.94. The first-order valence-corrected chi connectivity index (χ1v) is 6.14. The molecular weight excluding hydrogens is 280 g/mol. The standard InChI is InChI=1S/C14H18O7/c1-9(13(17)18)4-5-10(2)14(19)21-7-6-20-12(16)8-11(3)15/h4H,2,5-8H2,1,3H3,(H,17,18). The number of esters is 2. The fraction of sp³-hybridized carbons (Fsp3) is 0.429. The van der Waals surface area contributed by atoms with Gasteiger partial charge in [-0.15, -0.1) is 0 Å². The van der Waals surface area contributed by atoms with Crippen LogP contribution in [0.2, 0.25) is 0 Å². The Morgan fingerprint density at radius 1 is 1.10 bits per heavy atom. The van der Waals surface area contributed by atoms with Crippen molar-refractivity contribution in [2.75, 3.05) is 13.2 Å². The number of rotatable bonds is 9. The van der Waals surface area contributed by atoms with Gasteiger partial charge in [-0.1, -0.05) is 12.7 Å². The number of carbonyl (C=O) groups excluding carboxylic acids is 3. The first-order chi connectivity index (χ1) is 9.73. The monoisotopic (exact) mass is 298 g/mol. The Bertz CT molecular complexity index is 474. The third kappa shape index (κ3) is 9.15. The zero-order valence-corrected chi connectivity index (χ0v) is 12.0. The molecule has 0 atom stereocenters. The summed E-state index contributed by atoms with van der Waals surface area (Å²) in [5, 5.41) is 8.63.